The van der Waals surface area contributed by atoms with Crippen LogP contribution in [0, 0.1) is 0 Å². The number of fused-ring (bicyclic) bond motifs is 2. The molecule has 2 aliphatic rings. The number of ketones is 1. The van der Waals surface area contributed by atoms with E-state index in [2.05, 4.69) is 0 Å². The summed E-state index contributed by atoms with van der Waals surface area (Å²) >= 11 is 0. The summed E-state index contributed by atoms with van der Waals surface area (Å²) in [6, 6.07) is 21.7. The van der Waals surface area contributed by atoms with Gasteiger partial charge in [-0.2, -0.15) is 0 Å². The van der Waals surface area contributed by atoms with Gasteiger partial charge in [-0.25, -0.2) is 9.80 Å². The molecule has 0 aromatic heterocycles. The molecule has 4 aromatic rings. The van der Waals surface area contributed by atoms with Crippen LogP contribution in [0.15, 0.2) is 84.9 Å². The van der Waals surface area contributed by atoms with Crippen LogP contribution in [-0.4, -0.2) is 43.6 Å². The first-order valence-electron chi connectivity index (χ1n) is 12.2. The van der Waals surface area contributed by atoms with Crippen molar-refractivity contribution in [2.24, 2.45) is 0 Å². The molecule has 196 valence electrons. The van der Waals surface area contributed by atoms with E-state index in [1.165, 1.54) is 50.6 Å². The maximum Gasteiger partial charge on any atom is 0.266 e. The zero-order chi connectivity index (χ0) is 28.1. The monoisotopic (exact) mass is 532 g/mol. The normalized spacial score (nSPS) is 13.9. The van der Waals surface area contributed by atoms with Gasteiger partial charge in [-0.15, -0.1) is 0 Å². The van der Waals surface area contributed by atoms with Crippen molar-refractivity contribution in [3.05, 3.63) is 118 Å². The fourth-order valence-corrected chi connectivity index (χ4v) is 4.90. The van der Waals surface area contributed by atoms with Gasteiger partial charge >= 0.3 is 0 Å². The number of carbonyl (C=O) groups is 5. The number of methoxy groups -OCH3 is 2. The first-order valence-corrected chi connectivity index (χ1v) is 12.2. The average molecular weight is 533 g/mol. The number of nitrogens with zero attached hydrogens (tertiary/aromatic N) is 2. The molecule has 0 unspecified atom stereocenters. The Labute approximate surface area is 228 Å². The SMILES string of the molecule is COc1cccc(N2C(=O)c3ccc(C(=O)c4ccc5c(c4)C(=O)N(c4cccc(OC)c4)C5=O)cc3C2=O)c1. The summed E-state index contributed by atoms with van der Waals surface area (Å²) in [5, 5.41) is 0. The number of anilines is 2. The molecule has 0 fully saturated rings. The van der Waals surface area contributed by atoms with Crippen molar-refractivity contribution >= 4 is 40.8 Å². The Balaban J connectivity index is 1.31. The number of hydrogen-bond acceptors (Lipinski definition) is 7. The molecule has 0 spiro atoms. The molecule has 0 aliphatic carbocycles. The van der Waals surface area contributed by atoms with Gasteiger partial charge in [0.2, 0.25) is 0 Å². The second-order valence-electron chi connectivity index (χ2n) is 9.14. The largest absolute Gasteiger partial charge is 0.497 e. The van der Waals surface area contributed by atoms with Crippen molar-refractivity contribution in [3.8, 4) is 11.5 Å². The molecule has 0 N–H and O–H groups in total. The quantitative estimate of drug-likeness (QED) is 0.265. The molecule has 0 radical (unpaired) electrons. The van der Waals surface area contributed by atoms with E-state index in [9.17, 15) is 24.0 Å². The first-order chi connectivity index (χ1) is 19.3. The Kier molecular flexibility index (Phi) is 5.76. The topological polar surface area (TPSA) is 110 Å². The van der Waals surface area contributed by atoms with Crippen molar-refractivity contribution in [1.29, 1.82) is 0 Å². The molecule has 0 atom stereocenters. The number of hydrogen-bond donors (Lipinski definition) is 0. The lowest BCUT2D eigenvalue weighted by atomic mass is 9.96. The van der Waals surface area contributed by atoms with Crippen LogP contribution in [0.5, 0.6) is 11.5 Å². The van der Waals surface area contributed by atoms with Crippen LogP contribution in [0.3, 0.4) is 0 Å². The van der Waals surface area contributed by atoms with Gasteiger partial charge in [0.25, 0.3) is 23.6 Å². The number of amides is 4. The first kappa shape index (κ1) is 24.7. The van der Waals surface area contributed by atoms with Crippen molar-refractivity contribution in [2.75, 3.05) is 24.0 Å². The molecule has 4 aromatic carbocycles. The van der Waals surface area contributed by atoms with Crippen LogP contribution in [0.4, 0.5) is 11.4 Å². The van der Waals surface area contributed by atoms with E-state index >= 15 is 0 Å². The summed E-state index contributed by atoms with van der Waals surface area (Å²) in [4.78, 5) is 68.0. The third-order valence-corrected chi connectivity index (χ3v) is 6.92. The maximum absolute atomic E-state index is 13.4. The minimum Gasteiger partial charge on any atom is -0.497 e. The molecule has 2 aliphatic heterocycles. The lowest BCUT2D eigenvalue weighted by molar-refractivity contribution is 0.0910. The summed E-state index contributed by atoms with van der Waals surface area (Å²) in [5.74, 6) is -1.64. The molecule has 6 rings (SSSR count). The Morgan fingerprint density at radius 2 is 0.925 bits per heavy atom. The molecule has 9 nitrogen and oxygen atoms in total. The van der Waals surface area contributed by atoms with Crippen molar-refractivity contribution in [3.63, 3.8) is 0 Å². The van der Waals surface area contributed by atoms with Crippen LogP contribution >= 0.6 is 0 Å². The van der Waals surface area contributed by atoms with Crippen molar-refractivity contribution in [2.45, 2.75) is 0 Å². The highest BCUT2D eigenvalue weighted by atomic mass is 16.5. The number of imide groups is 2. The predicted octanol–water partition coefficient (Wildman–Crippen LogP) is 4.54. The van der Waals surface area contributed by atoms with Gasteiger partial charge < -0.3 is 9.47 Å². The molecule has 0 bridgehead atoms. The van der Waals surface area contributed by atoms with Crippen LogP contribution in [0.2, 0.25) is 0 Å². The van der Waals surface area contributed by atoms with Crippen molar-refractivity contribution < 1.29 is 33.4 Å². The van der Waals surface area contributed by atoms with Crippen LogP contribution in [0.1, 0.15) is 57.4 Å². The third-order valence-electron chi connectivity index (χ3n) is 6.92. The van der Waals surface area contributed by atoms with E-state index in [0.717, 1.165) is 9.80 Å². The highest BCUT2D eigenvalue weighted by Crippen LogP contribution is 2.33. The van der Waals surface area contributed by atoms with Gasteiger partial charge in [0, 0.05) is 23.3 Å². The van der Waals surface area contributed by atoms with E-state index in [0.29, 0.717) is 22.9 Å². The molecule has 0 saturated carbocycles. The minimum absolute atomic E-state index is 0.0929. The zero-order valence-corrected chi connectivity index (χ0v) is 21.3. The highest BCUT2D eigenvalue weighted by molar-refractivity contribution is 6.36. The van der Waals surface area contributed by atoms with Gasteiger partial charge in [-0.3, -0.25) is 24.0 Å². The van der Waals surface area contributed by atoms with Crippen LogP contribution in [-0.2, 0) is 0 Å². The predicted molar refractivity (Wildman–Crippen MR) is 145 cm³/mol. The van der Waals surface area contributed by atoms with E-state index in [1.807, 2.05) is 0 Å². The van der Waals surface area contributed by atoms with E-state index in [1.54, 1.807) is 48.5 Å². The lowest BCUT2D eigenvalue weighted by Gasteiger charge is -2.14. The number of carbonyl (C=O) groups excluding carboxylic acids is 5. The Hall–Kier alpha value is -5.57. The summed E-state index contributed by atoms with van der Waals surface area (Å²) in [6.45, 7) is 0. The summed E-state index contributed by atoms with van der Waals surface area (Å²) < 4.78 is 10.4. The molecular formula is C31H20N2O7. The van der Waals surface area contributed by atoms with E-state index < -0.39 is 29.4 Å². The Morgan fingerprint density at radius 1 is 0.525 bits per heavy atom. The maximum atomic E-state index is 13.4. The summed E-state index contributed by atoms with van der Waals surface area (Å²) in [6.07, 6.45) is 0. The molecule has 0 saturated heterocycles. The fourth-order valence-electron chi connectivity index (χ4n) is 4.90. The molecule has 2 heterocycles. The van der Waals surface area contributed by atoms with Gasteiger partial charge in [0.1, 0.15) is 11.5 Å². The average Bonchev–Trinajstić information content (AvgIpc) is 3.39. The van der Waals surface area contributed by atoms with E-state index in [4.69, 9.17) is 9.47 Å². The van der Waals surface area contributed by atoms with Crippen LogP contribution in [0.25, 0.3) is 0 Å². The Morgan fingerprint density at radius 3 is 1.32 bits per heavy atom. The summed E-state index contributed by atoms with van der Waals surface area (Å²) in [5.41, 5.74) is 1.55. The number of rotatable bonds is 6. The minimum atomic E-state index is -0.563. The lowest BCUT2D eigenvalue weighted by Crippen LogP contribution is -2.29. The second-order valence-corrected chi connectivity index (χ2v) is 9.14. The van der Waals surface area contributed by atoms with Gasteiger partial charge in [-0.1, -0.05) is 24.3 Å². The smallest absolute Gasteiger partial charge is 0.266 e. The Bertz CT molecular complexity index is 1660. The van der Waals surface area contributed by atoms with Gasteiger partial charge in [0.15, 0.2) is 5.78 Å². The fraction of sp³-hybridized carbons (Fsp3) is 0.0645. The van der Waals surface area contributed by atoms with E-state index in [-0.39, 0.29) is 33.4 Å². The molecule has 4 amide bonds. The highest BCUT2D eigenvalue weighted by Gasteiger charge is 2.39. The standard InChI is InChI=1S/C31H20N2O7/c1-39-21-7-3-5-19(15-21)32-28(35)23-11-9-17(13-25(23)30(32)37)27(34)18-10-12-24-26(14-18)31(38)33(29(24)36)20-6-4-8-22(16-20)40-2/h3-16H,1-2H3. The van der Waals surface area contributed by atoms with Gasteiger partial charge in [-0.05, 0) is 48.5 Å². The van der Waals surface area contributed by atoms with Gasteiger partial charge in [0.05, 0.1) is 47.8 Å². The van der Waals surface area contributed by atoms with Crippen molar-refractivity contribution in [1.82, 2.24) is 0 Å². The second kappa shape index (κ2) is 9.32. The molecular weight excluding hydrogens is 512 g/mol. The molecule has 40 heavy (non-hydrogen) atoms. The molecule has 9 heteroatoms. The number of ether oxygens (including phenoxy) is 2. The summed E-state index contributed by atoms with van der Waals surface area (Å²) in [7, 11) is 2.97. The third kappa shape index (κ3) is 3.75. The van der Waals surface area contributed by atoms with Crippen LogP contribution < -0.4 is 19.3 Å². The zero-order valence-electron chi connectivity index (χ0n) is 21.3. The number of benzene rings is 4.